The molecule has 24 heavy (non-hydrogen) atoms. The molecule has 2 bridgehead atoms. The summed E-state index contributed by atoms with van der Waals surface area (Å²) in [5.41, 5.74) is 4.37. The molecule has 4 aliphatic rings. The van der Waals surface area contributed by atoms with Gasteiger partial charge in [0.25, 0.3) is 0 Å². The van der Waals surface area contributed by atoms with Crippen molar-refractivity contribution >= 4 is 0 Å². The van der Waals surface area contributed by atoms with Crippen LogP contribution in [0.4, 0.5) is 0 Å². The number of rotatable bonds is 0. The summed E-state index contributed by atoms with van der Waals surface area (Å²) in [5, 5.41) is 22.4. The van der Waals surface area contributed by atoms with Crippen molar-refractivity contribution in [2.75, 3.05) is 7.05 Å². The minimum atomic E-state index is -0.721. The monoisotopic (exact) mass is 327 g/mol. The number of hydrogen-bond acceptors (Lipinski definition) is 3. The minimum absolute atomic E-state index is 0.317. The minimum Gasteiger partial charge on any atom is -0.508 e. The molecule has 2 N–H and O–H groups in total. The molecule has 0 amide bonds. The standard InChI is InChI=1S/C21H29NO2/c1-12-7-8-16-18(22(12)2)9-13-11-21(16,24)17-10-19(23)14-5-3-4-6-15(14)20(13)17/h10,12-13,16,18,23-24H,3-9,11H2,1-2H3. The van der Waals surface area contributed by atoms with E-state index in [2.05, 4.69) is 18.9 Å². The first-order valence-corrected chi connectivity index (χ1v) is 9.83. The van der Waals surface area contributed by atoms with E-state index in [0.29, 0.717) is 29.7 Å². The van der Waals surface area contributed by atoms with Crippen molar-refractivity contribution < 1.29 is 10.2 Å². The average molecular weight is 327 g/mol. The van der Waals surface area contributed by atoms with E-state index in [1.165, 1.54) is 36.0 Å². The highest BCUT2D eigenvalue weighted by atomic mass is 16.3. The first-order valence-electron chi connectivity index (χ1n) is 9.83. The van der Waals surface area contributed by atoms with Crippen molar-refractivity contribution in [1.29, 1.82) is 0 Å². The van der Waals surface area contributed by atoms with Crippen LogP contribution < -0.4 is 0 Å². The van der Waals surface area contributed by atoms with Gasteiger partial charge in [-0.25, -0.2) is 0 Å². The molecule has 2 fully saturated rings. The molecule has 0 radical (unpaired) electrons. The molecule has 5 unspecified atom stereocenters. The number of aliphatic hydroxyl groups is 1. The first kappa shape index (κ1) is 15.2. The van der Waals surface area contributed by atoms with E-state index in [4.69, 9.17) is 0 Å². The molecule has 1 aliphatic heterocycles. The topological polar surface area (TPSA) is 43.7 Å². The van der Waals surface area contributed by atoms with Gasteiger partial charge in [0, 0.05) is 18.0 Å². The van der Waals surface area contributed by atoms with Crippen LogP contribution in [0.3, 0.4) is 0 Å². The Morgan fingerprint density at radius 3 is 2.71 bits per heavy atom. The van der Waals surface area contributed by atoms with Crippen LogP contribution in [-0.2, 0) is 18.4 Å². The summed E-state index contributed by atoms with van der Waals surface area (Å²) >= 11 is 0. The molecule has 3 nitrogen and oxygen atoms in total. The van der Waals surface area contributed by atoms with Crippen molar-refractivity contribution in [2.45, 2.75) is 81.9 Å². The summed E-state index contributed by atoms with van der Waals surface area (Å²) in [4.78, 5) is 2.52. The van der Waals surface area contributed by atoms with Gasteiger partial charge in [-0.1, -0.05) is 0 Å². The molecule has 1 saturated carbocycles. The molecule has 1 aromatic carbocycles. The van der Waals surface area contributed by atoms with E-state index < -0.39 is 5.60 Å². The summed E-state index contributed by atoms with van der Waals surface area (Å²) < 4.78 is 0. The third kappa shape index (κ3) is 1.80. The Bertz CT molecular complexity index is 700. The van der Waals surface area contributed by atoms with Gasteiger partial charge in [-0.15, -0.1) is 0 Å². The lowest BCUT2D eigenvalue weighted by Crippen LogP contribution is -2.56. The number of hydrogen-bond donors (Lipinski definition) is 2. The van der Waals surface area contributed by atoms with Gasteiger partial charge in [-0.05, 0) is 99.6 Å². The second-order valence-electron chi connectivity index (χ2n) is 8.85. The highest BCUT2D eigenvalue weighted by Crippen LogP contribution is 2.61. The number of aromatic hydroxyl groups is 1. The zero-order chi connectivity index (χ0) is 16.6. The lowest BCUT2D eigenvalue weighted by molar-refractivity contribution is -0.111. The van der Waals surface area contributed by atoms with Gasteiger partial charge in [0.15, 0.2) is 0 Å². The van der Waals surface area contributed by atoms with E-state index >= 15 is 0 Å². The van der Waals surface area contributed by atoms with E-state index in [0.717, 1.165) is 37.7 Å². The molecule has 3 heteroatoms. The Kier molecular flexibility index (Phi) is 3.16. The molecule has 1 heterocycles. The van der Waals surface area contributed by atoms with Crippen molar-refractivity contribution in [3.05, 3.63) is 28.3 Å². The molecule has 5 rings (SSSR count). The van der Waals surface area contributed by atoms with Crippen LogP contribution in [0.1, 0.15) is 73.6 Å². The maximum Gasteiger partial charge on any atom is 0.119 e. The van der Waals surface area contributed by atoms with E-state index in [-0.39, 0.29) is 0 Å². The summed E-state index contributed by atoms with van der Waals surface area (Å²) in [6.07, 6.45) is 8.81. The molecule has 1 saturated heterocycles. The summed E-state index contributed by atoms with van der Waals surface area (Å²) in [5.74, 6) is 1.24. The summed E-state index contributed by atoms with van der Waals surface area (Å²) in [6.45, 7) is 2.32. The molecule has 3 aliphatic carbocycles. The van der Waals surface area contributed by atoms with Crippen molar-refractivity contribution in [1.82, 2.24) is 4.90 Å². The number of phenols is 1. The number of likely N-dealkylation sites (tertiary alicyclic amines) is 1. The van der Waals surface area contributed by atoms with E-state index in [9.17, 15) is 10.2 Å². The molecular weight excluding hydrogens is 298 g/mol. The van der Waals surface area contributed by atoms with E-state index in [1.807, 2.05) is 6.07 Å². The Morgan fingerprint density at radius 1 is 1.17 bits per heavy atom. The maximum atomic E-state index is 11.8. The fourth-order valence-corrected chi connectivity index (χ4v) is 6.52. The zero-order valence-electron chi connectivity index (χ0n) is 14.9. The molecule has 0 spiro atoms. The second-order valence-corrected chi connectivity index (χ2v) is 8.85. The zero-order valence-corrected chi connectivity index (χ0v) is 14.9. The quantitative estimate of drug-likeness (QED) is 0.767. The maximum absolute atomic E-state index is 11.8. The van der Waals surface area contributed by atoms with Gasteiger partial charge in [0.1, 0.15) is 5.75 Å². The molecule has 5 atom stereocenters. The largest absolute Gasteiger partial charge is 0.508 e. The van der Waals surface area contributed by atoms with Crippen LogP contribution in [-0.4, -0.2) is 34.2 Å². The predicted octanol–water partition coefficient (Wildman–Crippen LogP) is 3.45. The number of benzene rings is 1. The lowest BCUT2D eigenvalue weighted by atomic mass is 9.66. The van der Waals surface area contributed by atoms with Crippen LogP contribution >= 0.6 is 0 Å². The van der Waals surface area contributed by atoms with Gasteiger partial charge >= 0.3 is 0 Å². The van der Waals surface area contributed by atoms with Gasteiger partial charge in [0.2, 0.25) is 0 Å². The SMILES string of the molecule is CC1CCC2C(CC3CC2(O)c2cc(O)c4c(c23)CCCC4)N1C. The Labute approximate surface area is 144 Å². The Morgan fingerprint density at radius 2 is 1.92 bits per heavy atom. The fourth-order valence-electron chi connectivity index (χ4n) is 6.52. The molecular formula is C21H29NO2. The number of fused-ring (bicyclic) bond motifs is 9. The highest BCUT2D eigenvalue weighted by Gasteiger charge is 2.57. The summed E-state index contributed by atoms with van der Waals surface area (Å²) in [7, 11) is 2.24. The molecule has 1 aromatic rings. The average Bonchev–Trinajstić information content (AvgIpc) is 2.80. The van der Waals surface area contributed by atoms with Gasteiger partial charge in [0.05, 0.1) is 5.60 Å². The van der Waals surface area contributed by atoms with Gasteiger partial charge in [-0.3, -0.25) is 0 Å². The van der Waals surface area contributed by atoms with Crippen molar-refractivity contribution in [2.24, 2.45) is 5.92 Å². The number of nitrogens with zero attached hydrogens (tertiary/aromatic N) is 1. The van der Waals surface area contributed by atoms with Crippen LogP contribution in [0.15, 0.2) is 6.07 Å². The molecule has 130 valence electrons. The smallest absolute Gasteiger partial charge is 0.119 e. The van der Waals surface area contributed by atoms with Gasteiger partial charge < -0.3 is 15.1 Å². The highest BCUT2D eigenvalue weighted by molar-refractivity contribution is 5.57. The third-order valence-corrected chi connectivity index (χ3v) is 7.82. The molecule has 0 aromatic heterocycles. The van der Waals surface area contributed by atoms with Crippen molar-refractivity contribution in [3.63, 3.8) is 0 Å². The van der Waals surface area contributed by atoms with Gasteiger partial charge in [-0.2, -0.15) is 0 Å². The van der Waals surface area contributed by atoms with E-state index in [1.54, 1.807) is 0 Å². The van der Waals surface area contributed by atoms with Crippen LogP contribution in [0, 0.1) is 5.92 Å². The first-order chi connectivity index (χ1) is 11.5. The van der Waals surface area contributed by atoms with Crippen molar-refractivity contribution in [3.8, 4) is 5.75 Å². The Balaban J connectivity index is 1.68. The normalized spacial score (nSPS) is 40.8. The third-order valence-electron chi connectivity index (χ3n) is 7.82. The summed E-state index contributed by atoms with van der Waals surface area (Å²) in [6, 6.07) is 3.03. The van der Waals surface area contributed by atoms with Crippen LogP contribution in [0.25, 0.3) is 0 Å². The second kappa shape index (κ2) is 4.98. The number of piperidine rings is 1. The fraction of sp³-hybridized carbons (Fsp3) is 0.714. The van der Waals surface area contributed by atoms with Crippen LogP contribution in [0.2, 0.25) is 0 Å². The predicted molar refractivity (Wildman–Crippen MR) is 94.4 cm³/mol. The lowest BCUT2D eigenvalue weighted by Gasteiger charge is -2.51. The Hall–Kier alpha value is -1.06. The van der Waals surface area contributed by atoms with Crippen LogP contribution in [0.5, 0.6) is 5.75 Å². The number of phenolic OH excluding ortho intramolecular Hbond substituents is 1.